The summed E-state index contributed by atoms with van der Waals surface area (Å²) >= 11 is 0. The first-order valence-corrected chi connectivity index (χ1v) is 8.97. The van der Waals surface area contributed by atoms with Gasteiger partial charge in [0.05, 0.1) is 0 Å². The van der Waals surface area contributed by atoms with E-state index in [9.17, 15) is 0 Å². The number of hydrogen-bond acceptors (Lipinski definition) is 3. The maximum atomic E-state index is 6.39. The summed E-state index contributed by atoms with van der Waals surface area (Å²) in [4.78, 5) is 0. The van der Waals surface area contributed by atoms with Crippen LogP contribution in [-0.4, -0.2) is 25.6 Å². The fraction of sp³-hybridized carbons (Fsp3) is 0.700. The standard InChI is InChI=1S/C20H34O3.Na.H/c1-6-9-13-16-19(4,5)20(22-8-3,17-21-7-2)23-18-14-11-10-12-15-18;;/h10-12,14-15H,6-9,13,16-17H2,1-5H3;;/q;+1;-1. The molecule has 0 radical (unpaired) electrons. The van der Waals surface area contributed by atoms with Crippen molar-refractivity contribution in [1.29, 1.82) is 0 Å². The fourth-order valence-corrected chi connectivity index (χ4v) is 2.79. The van der Waals surface area contributed by atoms with Gasteiger partial charge in [-0.25, -0.2) is 0 Å². The average molecular weight is 346 g/mol. The van der Waals surface area contributed by atoms with Gasteiger partial charge in [-0.1, -0.05) is 58.2 Å². The zero-order valence-corrected chi connectivity index (χ0v) is 18.6. The third-order valence-electron chi connectivity index (χ3n) is 4.34. The second kappa shape index (κ2) is 12.3. The monoisotopic (exact) mass is 346 g/mol. The Morgan fingerprint density at radius 3 is 2.17 bits per heavy atom. The summed E-state index contributed by atoms with van der Waals surface area (Å²) in [7, 11) is 0. The molecule has 0 aromatic heterocycles. The molecule has 24 heavy (non-hydrogen) atoms. The van der Waals surface area contributed by atoms with E-state index in [-0.39, 0.29) is 36.4 Å². The van der Waals surface area contributed by atoms with Gasteiger partial charge in [0.1, 0.15) is 12.4 Å². The summed E-state index contributed by atoms with van der Waals surface area (Å²) in [6.45, 7) is 12.4. The van der Waals surface area contributed by atoms with E-state index in [0.717, 1.165) is 12.2 Å². The van der Waals surface area contributed by atoms with E-state index in [4.69, 9.17) is 14.2 Å². The van der Waals surface area contributed by atoms with Crippen LogP contribution in [-0.2, 0) is 9.47 Å². The summed E-state index contributed by atoms with van der Waals surface area (Å²) in [6.07, 6.45) is 4.65. The first-order valence-electron chi connectivity index (χ1n) is 8.97. The van der Waals surface area contributed by atoms with Gasteiger partial charge in [-0.15, -0.1) is 0 Å². The van der Waals surface area contributed by atoms with Crippen LogP contribution in [0.4, 0.5) is 0 Å². The molecule has 0 amide bonds. The third kappa shape index (κ3) is 7.05. The van der Waals surface area contributed by atoms with Crippen molar-refractivity contribution in [2.75, 3.05) is 19.8 Å². The number of unbranched alkanes of at least 4 members (excludes halogenated alkanes) is 2. The van der Waals surface area contributed by atoms with Crippen LogP contribution < -0.4 is 34.3 Å². The Labute approximate surface area is 172 Å². The molecule has 4 heteroatoms. The largest absolute Gasteiger partial charge is 1.00 e. The Bertz CT molecular complexity index is 428. The van der Waals surface area contributed by atoms with Crippen LogP contribution in [0.25, 0.3) is 0 Å². The molecule has 1 atom stereocenters. The van der Waals surface area contributed by atoms with Crippen LogP contribution in [0.15, 0.2) is 30.3 Å². The zero-order valence-electron chi connectivity index (χ0n) is 17.6. The molecule has 3 nitrogen and oxygen atoms in total. The zero-order chi connectivity index (χ0) is 17.2. The molecule has 0 aliphatic carbocycles. The molecule has 0 saturated carbocycles. The maximum Gasteiger partial charge on any atom is 1.00 e. The molecule has 0 aliphatic rings. The normalized spacial score (nSPS) is 13.9. The van der Waals surface area contributed by atoms with Gasteiger partial charge in [-0.05, 0) is 32.4 Å². The Morgan fingerprint density at radius 2 is 1.62 bits per heavy atom. The van der Waals surface area contributed by atoms with Gasteiger partial charge in [0.2, 0.25) is 5.79 Å². The predicted octanol–water partition coefficient (Wildman–Crippen LogP) is 2.56. The summed E-state index contributed by atoms with van der Waals surface area (Å²) in [5.41, 5.74) is -0.150. The maximum absolute atomic E-state index is 6.39. The van der Waals surface area contributed by atoms with Crippen LogP contribution in [0.5, 0.6) is 5.75 Å². The second-order valence-electron chi connectivity index (χ2n) is 6.58. The molecule has 0 saturated heterocycles. The van der Waals surface area contributed by atoms with Gasteiger partial charge in [0, 0.05) is 18.6 Å². The molecule has 0 N–H and O–H groups in total. The van der Waals surface area contributed by atoms with Crippen molar-refractivity contribution >= 4 is 0 Å². The molecule has 1 aromatic carbocycles. The van der Waals surface area contributed by atoms with Crippen LogP contribution in [0.1, 0.15) is 61.7 Å². The van der Waals surface area contributed by atoms with Crippen molar-refractivity contribution in [3.8, 4) is 5.75 Å². The summed E-state index contributed by atoms with van der Waals surface area (Å²) in [5.74, 6) is 0.0524. The van der Waals surface area contributed by atoms with E-state index in [2.05, 4.69) is 20.8 Å². The smallest absolute Gasteiger partial charge is 1.00 e. The van der Waals surface area contributed by atoms with E-state index in [1.165, 1.54) is 19.3 Å². The van der Waals surface area contributed by atoms with Gasteiger partial charge in [-0.2, -0.15) is 0 Å². The molecule has 0 heterocycles. The number of para-hydroxylation sites is 1. The second-order valence-corrected chi connectivity index (χ2v) is 6.58. The Hall–Kier alpha value is -0.0600. The van der Waals surface area contributed by atoms with Crippen molar-refractivity contribution in [2.24, 2.45) is 5.41 Å². The van der Waals surface area contributed by atoms with Crippen molar-refractivity contribution < 1.29 is 45.2 Å². The summed E-state index contributed by atoms with van der Waals surface area (Å²) in [5, 5.41) is 0. The van der Waals surface area contributed by atoms with Crippen molar-refractivity contribution in [2.45, 2.75) is 66.1 Å². The van der Waals surface area contributed by atoms with E-state index in [0.29, 0.717) is 19.8 Å². The molecule has 0 bridgehead atoms. The minimum Gasteiger partial charge on any atom is -1.00 e. The van der Waals surface area contributed by atoms with Gasteiger partial charge in [-0.3, -0.25) is 0 Å². The number of hydrogen-bond donors (Lipinski definition) is 0. The molecule has 1 unspecified atom stereocenters. The average Bonchev–Trinajstić information content (AvgIpc) is 2.54. The molecule has 0 spiro atoms. The van der Waals surface area contributed by atoms with Gasteiger partial charge in [0.15, 0.2) is 0 Å². The number of ether oxygens (including phenoxy) is 3. The van der Waals surface area contributed by atoms with Crippen molar-refractivity contribution in [3.63, 3.8) is 0 Å². The van der Waals surface area contributed by atoms with E-state index < -0.39 is 5.79 Å². The minimum atomic E-state index is -0.771. The van der Waals surface area contributed by atoms with Crippen molar-refractivity contribution in [1.82, 2.24) is 0 Å². The molecular formula is C20H35NaO3. The summed E-state index contributed by atoms with van der Waals surface area (Å²) < 4.78 is 18.3. The van der Waals surface area contributed by atoms with Gasteiger partial charge in [0.25, 0.3) is 0 Å². The van der Waals surface area contributed by atoms with Gasteiger partial charge >= 0.3 is 29.6 Å². The Morgan fingerprint density at radius 1 is 0.958 bits per heavy atom. The van der Waals surface area contributed by atoms with E-state index in [1.807, 2.05) is 44.2 Å². The van der Waals surface area contributed by atoms with Crippen LogP contribution in [0.3, 0.4) is 0 Å². The predicted molar refractivity (Wildman–Crippen MR) is 97.0 cm³/mol. The van der Waals surface area contributed by atoms with Gasteiger partial charge < -0.3 is 15.6 Å². The SMILES string of the molecule is CCCCCC(C)(C)C(COCC)(OCC)Oc1ccccc1.[H-].[Na+]. The first kappa shape index (κ1) is 23.9. The molecule has 0 aliphatic heterocycles. The Kier molecular flexibility index (Phi) is 12.3. The van der Waals surface area contributed by atoms with E-state index >= 15 is 0 Å². The molecule has 134 valence electrons. The van der Waals surface area contributed by atoms with Crippen LogP contribution >= 0.6 is 0 Å². The quantitative estimate of drug-likeness (QED) is 0.331. The minimum absolute atomic E-state index is 0. The topological polar surface area (TPSA) is 27.7 Å². The molecular weight excluding hydrogens is 311 g/mol. The first-order chi connectivity index (χ1) is 11.0. The molecule has 0 fully saturated rings. The number of rotatable bonds is 12. The third-order valence-corrected chi connectivity index (χ3v) is 4.34. The van der Waals surface area contributed by atoms with Crippen LogP contribution in [0, 0.1) is 5.41 Å². The molecule has 1 rings (SSSR count). The van der Waals surface area contributed by atoms with Crippen LogP contribution in [0.2, 0.25) is 0 Å². The molecule has 1 aromatic rings. The fourth-order valence-electron chi connectivity index (χ4n) is 2.79. The Balaban J connectivity index is 0. The number of benzene rings is 1. The summed E-state index contributed by atoms with van der Waals surface area (Å²) in [6, 6.07) is 9.90. The van der Waals surface area contributed by atoms with E-state index in [1.54, 1.807) is 0 Å². The van der Waals surface area contributed by atoms with Crippen molar-refractivity contribution in [3.05, 3.63) is 30.3 Å².